The minimum absolute atomic E-state index is 0.287. The van der Waals surface area contributed by atoms with Gasteiger partial charge < -0.3 is 5.32 Å². The van der Waals surface area contributed by atoms with Gasteiger partial charge in [-0.25, -0.2) is 0 Å². The Morgan fingerprint density at radius 2 is 1.77 bits per heavy atom. The van der Waals surface area contributed by atoms with E-state index in [0.717, 1.165) is 11.8 Å². The summed E-state index contributed by atoms with van der Waals surface area (Å²) < 4.78 is 0. The van der Waals surface area contributed by atoms with Crippen molar-refractivity contribution in [3.8, 4) is 0 Å². The van der Waals surface area contributed by atoms with Crippen molar-refractivity contribution in [2.24, 2.45) is 17.3 Å². The van der Waals surface area contributed by atoms with Gasteiger partial charge in [0.25, 0.3) is 0 Å². The number of nitrogens with one attached hydrogen (secondary N) is 1. The molecule has 2 aliphatic carbocycles. The Kier molecular flexibility index (Phi) is 1.99. The molecule has 0 aromatic rings. The first-order valence-electron chi connectivity index (χ1n) is 5.63. The average Bonchev–Trinajstić information content (AvgIpc) is 2.56. The molecule has 1 nitrogen and oxygen atoms in total. The van der Waals surface area contributed by atoms with E-state index in [-0.39, 0.29) is 5.54 Å². The van der Waals surface area contributed by atoms with Crippen molar-refractivity contribution in [2.45, 2.75) is 52.5 Å². The molecule has 0 spiro atoms. The van der Waals surface area contributed by atoms with Crippen molar-refractivity contribution in [3.63, 3.8) is 0 Å². The van der Waals surface area contributed by atoms with Gasteiger partial charge in [0.05, 0.1) is 0 Å². The lowest BCUT2D eigenvalue weighted by Crippen LogP contribution is -2.42. The van der Waals surface area contributed by atoms with Crippen LogP contribution in [0.1, 0.15) is 47.0 Å². The molecule has 0 heterocycles. The number of hydrogen-bond donors (Lipinski definition) is 1. The quantitative estimate of drug-likeness (QED) is 0.690. The van der Waals surface area contributed by atoms with E-state index in [0.29, 0.717) is 5.41 Å². The molecule has 76 valence electrons. The molecule has 2 atom stereocenters. The smallest absolute Gasteiger partial charge is 0.00967 e. The van der Waals surface area contributed by atoms with Crippen LogP contribution in [-0.2, 0) is 0 Å². The fraction of sp³-hybridized carbons (Fsp3) is 1.00. The SMILES string of the molecule is CC1(CNC(C)(C)C)CC2CC2C1. The van der Waals surface area contributed by atoms with Gasteiger partial charge >= 0.3 is 0 Å². The fourth-order valence-electron chi connectivity index (χ4n) is 2.78. The van der Waals surface area contributed by atoms with Crippen molar-refractivity contribution in [1.82, 2.24) is 5.32 Å². The molecule has 2 unspecified atom stereocenters. The summed E-state index contributed by atoms with van der Waals surface area (Å²) in [6, 6.07) is 0. The number of hydrogen-bond acceptors (Lipinski definition) is 1. The molecule has 0 radical (unpaired) electrons. The van der Waals surface area contributed by atoms with Crippen molar-refractivity contribution in [3.05, 3.63) is 0 Å². The van der Waals surface area contributed by atoms with Crippen LogP contribution in [0.2, 0.25) is 0 Å². The molecule has 2 rings (SSSR count). The minimum Gasteiger partial charge on any atom is -0.312 e. The predicted molar refractivity (Wildman–Crippen MR) is 56.7 cm³/mol. The lowest BCUT2D eigenvalue weighted by Gasteiger charge is -2.31. The minimum atomic E-state index is 0.287. The maximum Gasteiger partial charge on any atom is 0.00967 e. The van der Waals surface area contributed by atoms with Gasteiger partial charge in [-0.05, 0) is 57.3 Å². The van der Waals surface area contributed by atoms with Gasteiger partial charge in [-0.2, -0.15) is 0 Å². The highest BCUT2D eigenvalue weighted by Crippen LogP contribution is 2.59. The van der Waals surface area contributed by atoms with Gasteiger partial charge in [0.2, 0.25) is 0 Å². The zero-order chi connectivity index (χ0) is 9.69. The van der Waals surface area contributed by atoms with Crippen LogP contribution in [0.5, 0.6) is 0 Å². The molecule has 13 heavy (non-hydrogen) atoms. The van der Waals surface area contributed by atoms with E-state index >= 15 is 0 Å². The lowest BCUT2D eigenvalue weighted by molar-refractivity contribution is 0.250. The molecule has 0 aliphatic heterocycles. The number of fused-ring (bicyclic) bond motifs is 1. The van der Waals surface area contributed by atoms with Gasteiger partial charge in [0, 0.05) is 12.1 Å². The van der Waals surface area contributed by atoms with Gasteiger partial charge in [-0.1, -0.05) is 6.92 Å². The molecule has 2 aliphatic rings. The van der Waals surface area contributed by atoms with E-state index in [9.17, 15) is 0 Å². The molecule has 0 amide bonds. The van der Waals surface area contributed by atoms with Gasteiger partial charge in [-0.3, -0.25) is 0 Å². The number of rotatable bonds is 2. The summed E-state index contributed by atoms with van der Waals surface area (Å²) in [7, 11) is 0. The van der Waals surface area contributed by atoms with E-state index in [1.807, 2.05) is 0 Å². The maximum atomic E-state index is 3.65. The first-order valence-corrected chi connectivity index (χ1v) is 5.63. The summed E-state index contributed by atoms with van der Waals surface area (Å²) in [5.41, 5.74) is 0.899. The van der Waals surface area contributed by atoms with Crippen LogP contribution >= 0.6 is 0 Å². The third-order valence-electron chi connectivity index (χ3n) is 3.62. The Morgan fingerprint density at radius 1 is 1.23 bits per heavy atom. The highest BCUT2D eigenvalue weighted by Gasteiger charge is 2.51. The van der Waals surface area contributed by atoms with Gasteiger partial charge in [0.1, 0.15) is 0 Å². The van der Waals surface area contributed by atoms with Crippen molar-refractivity contribution >= 4 is 0 Å². The second kappa shape index (κ2) is 2.73. The van der Waals surface area contributed by atoms with Crippen LogP contribution in [0, 0.1) is 17.3 Å². The first kappa shape index (κ1) is 9.51. The maximum absolute atomic E-state index is 3.65. The zero-order valence-corrected chi connectivity index (χ0v) is 9.48. The van der Waals surface area contributed by atoms with Crippen LogP contribution in [0.25, 0.3) is 0 Å². The van der Waals surface area contributed by atoms with Crippen LogP contribution in [0.4, 0.5) is 0 Å². The third kappa shape index (κ3) is 2.25. The topological polar surface area (TPSA) is 12.0 Å². The molecular weight excluding hydrogens is 158 g/mol. The molecule has 0 saturated heterocycles. The van der Waals surface area contributed by atoms with Crippen molar-refractivity contribution in [2.75, 3.05) is 6.54 Å². The highest BCUT2D eigenvalue weighted by atomic mass is 15.0. The molecule has 1 heteroatoms. The summed E-state index contributed by atoms with van der Waals surface area (Å²) >= 11 is 0. The van der Waals surface area contributed by atoms with Crippen LogP contribution in [0.3, 0.4) is 0 Å². The predicted octanol–water partition coefficient (Wildman–Crippen LogP) is 2.81. The molecule has 1 N–H and O–H groups in total. The average molecular weight is 181 g/mol. The van der Waals surface area contributed by atoms with E-state index in [2.05, 4.69) is 33.0 Å². The zero-order valence-electron chi connectivity index (χ0n) is 9.48. The molecule has 0 aromatic carbocycles. The molecular formula is C12H23N. The van der Waals surface area contributed by atoms with E-state index in [1.165, 1.54) is 25.8 Å². The third-order valence-corrected chi connectivity index (χ3v) is 3.62. The van der Waals surface area contributed by atoms with Crippen molar-refractivity contribution in [1.29, 1.82) is 0 Å². The van der Waals surface area contributed by atoms with E-state index in [4.69, 9.17) is 0 Å². The summed E-state index contributed by atoms with van der Waals surface area (Å²) in [5, 5.41) is 3.65. The monoisotopic (exact) mass is 181 g/mol. The fourth-order valence-corrected chi connectivity index (χ4v) is 2.78. The summed E-state index contributed by atoms with van der Waals surface area (Å²) in [6.07, 6.45) is 4.48. The Hall–Kier alpha value is -0.0400. The normalized spacial score (nSPS) is 43.4. The van der Waals surface area contributed by atoms with E-state index in [1.54, 1.807) is 0 Å². The highest BCUT2D eigenvalue weighted by molar-refractivity contribution is 5.02. The molecule has 0 aromatic heterocycles. The van der Waals surface area contributed by atoms with Crippen molar-refractivity contribution < 1.29 is 0 Å². The first-order chi connectivity index (χ1) is 5.88. The Labute approximate surface area is 82.3 Å². The summed E-state index contributed by atoms with van der Waals surface area (Å²) in [5.74, 6) is 2.21. The van der Waals surface area contributed by atoms with E-state index < -0.39 is 0 Å². The van der Waals surface area contributed by atoms with Gasteiger partial charge in [-0.15, -0.1) is 0 Å². The second-order valence-electron chi connectivity index (χ2n) is 6.58. The summed E-state index contributed by atoms with van der Waals surface area (Å²) in [4.78, 5) is 0. The standard InChI is InChI=1S/C12H23N/c1-11(2,3)13-8-12(4)6-9-5-10(9)7-12/h9-10,13H,5-8H2,1-4H3. The Morgan fingerprint density at radius 3 is 2.23 bits per heavy atom. The largest absolute Gasteiger partial charge is 0.312 e. The van der Waals surface area contributed by atoms with Gasteiger partial charge in [0.15, 0.2) is 0 Å². The second-order valence-corrected chi connectivity index (χ2v) is 6.58. The van der Waals surface area contributed by atoms with Crippen LogP contribution in [-0.4, -0.2) is 12.1 Å². The summed E-state index contributed by atoms with van der Waals surface area (Å²) in [6.45, 7) is 10.4. The van der Waals surface area contributed by atoms with Crippen LogP contribution < -0.4 is 5.32 Å². The Bertz CT molecular complexity index is 192. The molecule has 2 saturated carbocycles. The molecule has 2 fully saturated rings. The molecule has 0 bridgehead atoms. The lowest BCUT2D eigenvalue weighted by atomic mass is 9.84. The van der Waals surface area contributed by atoms with Crippen LogP contribution in [0.15, 0.2) is 0 Å². The Balaban J connectivity index is 1.81.